The molecule has 0 fully saturated rings. The van der Waals surface area contributed by atoms with Crippen LogP contribution in [0.5, 0.6) is 0 Å². The zero-order chi connectivity index (χ0) is 26.4. The molecule has 8 heteroatoms. The lowest BCUT2D eigenvalue weighted by molar-refractivity contribution is -0.145. The van der Waals surface area contributed by atoms with Crippen molar-refractivity contribution in [2.45, 2.75) is 61.1 Å². The molecule has 0 bridgehead atoms. The van der Waals surface area contributed by atoms with Crippen LogP contribution >= 0.6 is 0 Å². The van der Waals surface area contributed by atoms with Gasteiger partial charge < -0.3 is 10.2 Å². The number of nitrogens with one attached hydrogen (secondary N) is 1. The van der Waals surface area contributed by atoms with Crippen molar-refractivity contribution in [2.75, 3.05) is 31.6 Å². The zero-order valence-corrected chi connectivity index (χ0v) is 21.9. The summed E-state index contributed by atoms with van der Waals surface area (Å²) in [5.41, 5.74) is 3.91. The van der Waals surface area contributed by atoms with Gasteiger partial charge in [0.25, 0.3) is 5.91 Å². The molecule has 0 radical (unpaired) electrons. The smallest absolute Gasteiger partial charge is 0.256 e. The molecule has 3 rings (SSSR count). The number of hydrogen-bond donors (Lipinski definition) is 1. The molecule has 2 aromatic carbocycles. The van der Waals surface area contributed by atoms with Gasteiger partial charge in [0.1, 0.15) is 5.82 Å². The van der Waals surface area contributed by atoms with Crippen LogP contribution < -0.4 is 10.2 Å². The van der Waals surface area contributed by atoms with Crippen LogP contribution in [0.4, 0.5) is 10.1 Å². The second-order valence-corrected chi connectivity index (χ2v) is 9.95. The van der Waals surface area contributed by atoms with Gasteiger partial charge in [0, 0.05) is 37.9 Å². The topological polar surface area (TPSA) is 73.0 Å². The highest BCUT2D eigenvalue weighted by atomic mass is 19.1. The first kappa shape index (κ1) is 30.0. The van der Waals surface area contributed by atoms with Crippen molar-refractivity contribution in [1.82, 2.24) is 15.3 Å². The number of hydrogen-bond acceptors (Lipinski definition) is 5. The summed E-state index contributed by atoms with van der Waals surface area (Å²) >= 11 is 0. The number of fused-ring (bicyclic) bond motifs is 1. The lowest BCUT2D eigenvalue weighted by Crippen LogP contribution is -2.48. The Morgan fingerprint density at radius 1 is 1.05 bits per heavy atom. The van der Waals surface area contributed by atoms with Crippen LogP contribution in [0.25, 0.3) is 0 Å². The second-order valence-electron chi connectivity index (χ2n) is 9.95. The summed E-state index contributed by atoms with van der Waals surface area (Å²) in [5.74, 6) is -0.193. The van der Waals surface area contributed by atoms with E-state index >= 15 is 0 Å². The van der Waals surface area contributed by atoms with Crippen molar-refractivity contribution < 1.29 is 18.8 Å². The lowest BCUT2D eigenvalue weighted by Gasteiger charge is -2.32. The fourth-order valence-corrected chi connectivity index (χ4v) is 4.34. The van der Waals surface area contributed by atoms with Gasteiger partial charge in [0.05, 0.1) is 13.1 Å². The van der Waals surface area contributed by atoms with Crippen molar-refractivity contribution in [3.63, 3.8) is 0 Å². The fourth-order valence-electron chi connectivity index (χ4n) is 4.34. The first-order valence-electron chi connectivity index (χ1n) is 12.5. The third kappa shape index (κ3) is 8.12. The molecule has 0 saturated heterocycles. The second kappa shape index (κ2) is 13.3. The minimum Gasteiger partial charge on any atom is -0.355 e. The summed E-state index contributed by atoms with van der Waals surface area (Å²) in [7, 11) is 1.69. The maximum atomic E-state index is 13.6. The highest BCUT2D eigenvalue weighted by molar-refractivity contribution is 5.96. The molecular formula is C29H41FN4O3. The van der Waals surface area contributed by atoms with E-state index in [9.17, 15) is 18.8 Å². The zero-order valence-electron chi connectivity index (χ0n) is 21.9. The monoisotopic (exact) mass is 512 g/mol. The van der Waals surface area contributed by atoms with Crippen LogP contribution in [0.3, 0.4) is 0 Å². The number of halogens is 1. The van der Waals surface area contributed by atoms with E-state index in [0.29, 0.717) is 36.8 Å². The highest BCUT2D eigenvalue weighted by Crippen LogP contribution is 2.26. The maximum Gasteiger partial charge on any atom is 0.256 e. The summed E-state index contributed by atoms with van der Waals surface area (Å²) in [5, 5.41) is 6.35. The molecule has 0 aliphatic carbocycles. The summed E-state index contributed by atoms with van der Waals surface area (Å²) in [6.45, 7) is 9.15. The van der Waals surface area contributed by atoms with Gasteiger partial charge in [-0.3, -0.25) is 19.4 Å². The Morgan fingerprint density at radius 3 is 2.43 bits per heavy atom. The Balaban J connectivity index is 0.00000481. The van der Waals surface area contributed by atoms with E-state index in [1.54, 1.807) is 30.1 Å². The Hall–Kier alpha value is -3.26. The number of ketones is 1. The Kier molecular flexibility index (Phi) is 10.8. The van der Waals surface area contributed by atoms with Crippen molar-refractivity contribution in [2.24, 2.45) is 5.92 Å². The number of anilines is 1. The predicted molar refractivity (Wildman–Crippen MR) is 146 cm³/mol. The number of Topliss-reactive ketones (excluding diaryl/α,β-unsaturated/α-hetero) is 1. The Labute approximate surface area is 220 Å². The lowest BCUT2D eigenvalue weighted by atomic mass is 10.1. The number of likely N-dealkylation sites (N-methyl/N-ethyl adjacent to an activating group) is 1. The molecule has 7 nitrogen and oxygen atoms in total. The third-order valence-electron chi connectivity index (χ3n) is 6.56. The average Bonchev–Trinajstić information content (AvgIpc) is 3.24. The van der Waals surface area contributed by atoms with E-state index in [0.717, 1.165) is 29.5 Å². The molecule has 1 N–H and O–H groups in total. The minimum absolute atomic E-state index is 0. The number of amides is 2. The van der Waals surface area contributed by atoms with Gasteiger partial charge in [0.2, 0.25) is 5.91 Å². The van der Waals surface area contributed by atoms with Gasteiger partial charge >= 0.3 is 0 Å². The quantitative estimate of drug-likeness (QED) is 0.348. The number of hydrazine groups is 1. The van der Waals surface area contributed by atoms with E-state index < -0.39 is 0 Å². The van der Waals surface area contributed by atoms with E-state index in [2.05, 4.69) is 19.2 Å². The maximum absolute atomic E-state index is 13.6. The molecule has 0 saturated carbocycles. The van der Waals surface area contributed by atoms with Crippen molar-refractivity contribution in [1.29, 1.82) is 0 Å². The van der Waals surface area contributed by atoms with Crippen LogP contribution in [0.15, 0.2) is 36.4 Å². The normalized spacial score (nSPS) is 12.6. The van der Waals surface area contributed by atoms with E-state index in [4.69, 9.17) is 0 Å². The molecule has 0 aromatic heterocycles. The van der Waals surface area contributed by atoms with Gasteiger partial charge in [-0.15, -0.1) is 0 Å². The van der Waals surface area contributed by atoms with Crippen molar-refractivity contribution in [3.8, 4) is 0 Å². The number of nitrogens with zero attached hydrogens (tertiary/aromatic N) is 3. The Bertz CT molecular complexity index is 1120. The summed E-state index contributed by atoms with van der Waals surface area (Å²) in [6, 6.07) is 10.00. The number of benzene rings is 2. The van der Waals surface area contributed by atoms with Gasteiger partial charge in [-0.05, 0) is 67.5 Å². The Morgan fingerprint density at radius 2 is 1.76 bits per heavy atom. The average molecular weight is 513 g/mol. The summed E-state index contributed by atoms with van der Waals surface area (Å²) in [4.78, 5) is 39.9. The molecule has 2 amide bonds. The molecule has 1 aliphatic heterocycles. The van der Waals surface area contributed by atoms with Gasteiger partial charge in [-0.1, -0.05) is 39.5 Å². The van der Waals surface area contributed by atoms with Crippen LogP contribution in [0.1, 0.15) is 68.1 Å². The van der Waals surface area contributed by atoms with E-state index in [-0.39, 0.29) is 43.9 Å². The molecule has 202 valence electrons. The molecule has 0 spiro atoms. The van der Waals surface area contributed by atoms with Gasteiger partial charge in [-0.25, -0.2) is 9.40 Å². The molecule has 2 aromatic rings. The molecule has 0 unspecified atom stereocenters. The minimum atomic E-state index is -0.295. The largest absolute Gasteiger partial charge is 0.355 e. The van der Waals surface area contributed by atoms with Crippen molar-refractivity contribution >= 4 is 23.3 Å². The number of rotatable bonds is 11. The van der Waals surface area contributed by atoms with Crippen LogP contribution in [0.2, 0.25) is 0 Å². The molecular weight excluding hydrogens is 471 g/mol. The molecule has 1 aliphatic rings. The van der Waals surface area contributed by atoms with Crippen molar-refractivity contribution in [3.05, 3.63) is 64.5 Å². The fraction of sp³-hybridized carbons (Fsp3) is 0.483. The summed E-state index contributed by atoms with van der Waals surface area (Å²) < 4.78 is 13.6. The van der Waals surface area contributed by atoms with Gasteiger partial charge in [-0.2, -0.15) is 0 Å². The van der Waals surface area contributed by atoms with E-state index in [1.165, 1.54) is 24.1 Å². The first-order valence-corrected chi connectivity index (χ1v) is 12.5. The van der Waals surface area contributed by atoms with Crippen LogP contribution in [-0.4, -0.2) is 54.3 Å². The predicted octanol–water partition coefficient (Wildman–Crippen LogP) is 4.72. The highest BCUT2D eigenvalue weighted by Gasteiger charge is 2.27. The third-order valence-corrected chi connectivity index (χ3v) is 6.56. The SMILES string of the molecule is C.CC(=O)c1ccc(C)c(N(CC(=O)NCCCC(C)C)CC(=O)N(C)N2Cc3ccc(F)cc3C2)c1. The molecule has 37 heavy (non-hydrogen) atoms. The number of aryl methyl sites for hydroxylation is 1. The standard InChI is InChI=1S/C28H37FN4O3.CH4/c1-19(2)7-6-12-30-27(35)17-32(26-14-22(21(4)34)9-8-20(26)3)18-28(36)31(5)33-15-23-10-11-25(29)13-24(23)16-33;/h8-11,13-14,19H,6-7,12,15-18H2,1-5H3,(H,30,35);1H4. The van der Waals surface area contributed by atoms with Gasteiger partial charge in [0.15, 0.2) is 5.78 Å². The summed E-state index contributed by atoms with van der Waals surface area (Å²) in [6.07, 6.45) is 1.91. The molecule has 0 atom stereocenters. The first-order chi connectivity index (χ1) is 17.0. The van der Waals surface area contributed by atoms with E-state index in [1.807, 2.05) is 18.0 Å². The number of carbonyl (C=O) groups excluding carboxylic acids is 3. The number of carbonyl (C=O) groups is 3. The van der Waals surface area contributed by atoms with Crippen LogP contribution in [0, 0.1) is 18.7 Å². The molecule has 1 heterocycles. The van der Waals surface area contributed by atoms with Crippen LogP contribution in [-0.2, 0) is 22.7 Å².